The van der Waals surface area contributed by atoms with Gasteiger partial charge >= 0.3 is 5.97 Å². The van der Waals surface area contributed by atoms with Crippen LogP contribution >= 0.6 is 0 Å². The highest BCUT2D eigenvalue weighted by molar-refractivity contribution is 5.66. The second-order valence-electron chi connectivity index (χ2n) is 3.17. The predicted molar refractivity (Wildman–Crippen MR) is 51.7 cm³/mol. The summed E-state index contributed by atoms with van der Waals surface area (Å²) < 4.78 is 1.77. The van der Waals surface area contributed by atoms with Crippen molar-refractivity contribution in [3.05, 3.63) is 18.0 Å². The summed E-state index contributed by atoms with van der Waals surface area (Å²) in [6, 6.07) is -0.230. The molecule has 1 atom stereocenters. The molecule has 3 N–H and O–H groups in total. The number of nitrogens with two attached hydrogens (primary N) is 1. The summed E-state index contributed by atoms with van der Waals surface area (Å²) in [5, 5.41) is 12.6. The molecule has 0 saturated carbocycles. The van der Waals surface area contributed by atoms with E-state index in [0.717, 1.165) is 12.1 Å². The second-order valence-corrected chi connectivity index (χ2v) is 3.17. The minimum atomic E-state index is -0.816. The molecule has 5 heteroatoms. The summed E-state index contributed by atoms with van der Waals surface area (Å²) in [4.78, 5) is 10.3. The smallest absolute Gasteiger partial charge is 0.303 e. The van der Waals surface area contributed by atoms with Crippen LogP contribution in [0.3, 0.4) is 0 Å². The van der Waals surface area contributed by atoms with Crippen molar-refractivity contribution in [2.24, 2.45) is 5.73 Å². The van der Waals surface area contributed by atoms with Gasteiger partial charge in [0.1, 0.15) is 0 Å². The average molecular weight is 197 g/mol. The van der Waals surface area contributed by atoms with E-state index in [4.69, 9.17) is 10.8 Å². The van der Waals surface area contributed by atoms with Crippen molar-refractivity contribution in [3.8, 4) is 0 Å². The van der Waals surface area contributed by atoms with Crippen LogP contribution in [0.25, 0.3) is 0 Å². The lowest BCUT2D eigenvalue weighted by Crippen LogP contribution is -2.11. The van der Waals surface area contributed by atoms with Crippen LogP contribution in [0.4, 0.5) is 0 Å². The van der Waals surface area contributed by atoms with Crippen molar-refractivity contribution < 1.29 is 9.90 Å². The molecule has 0 aliphatic heterocycles. The molecule has 0 aliphatic rings. The van der Waals surface area contributed by atoms with Crippen LogP contribution in [0, 0.1) is 0 Å². The Morgan fingerprint density at radius 1 is 1.79 bits per heavy atom. The Bertz CT molecular complexity index is 309. The molecule has 1 heterocycles. The quantitative estimate of drug-likeness (QED) is 0.730. The van der Waals surface area contributed by atoms with Gasteiger partial charge in [-0.1, -0.05) is 0 Å². The van der Waals surface area contributed by atoms with Gasteiger partial charge in [-0.2, -0.15) is 5.10 Å². The van der Waals surface area contributed by atoms with Gasteiger partial charge in [0.05, 0.1) is 6.20 Å². The summed E-state index contributed by atoms with van der Waals surface area (Å²) in [7, 11) is 0. The average Bonchev–Trinajstić information content (AvgIpc) is 2.62. The molecule has 0 aromatic carbocycles. The lowest BCUT2D eigenvalue weighted by atomic mass is 10.1. The van der Waals surface area contributed by atoms with Crippen LogP contribution in [0.1, 0.15) is 31.4 Å². The van der Waals surface area contributed by atoms with E-state index in [-0.39, 0.29) is 12.5 Å². The number of nitrogens with zero attached hydrogens (tertiary/aromatic N) is 2. The molecule has 14 heavy (non-hydrogen) atoms. The summed E-state index contributed by atoms with van der Waals surface area (Å²) in [5.74, 6) is -0.816. The number of carboxylic acids is 1. The first-order valence-corrected chi connectivity index (χ1v) is 4.63. The first-order valence-electron chi connectivity index (χ1n) is 4.63. The van der Waals surface area contributed by atoms with Crippen molar-refractivity contribution in [1.29, 1.82) is 0 Å². The third-order valence-electron chi connectivity index (χ3n) is 2.07. The number of rotatable bonds is 5. The van der Waals surface area contributed by atoms with Crippen LogP contribution in [-0.2, 0) is 11.3 Å². The van der Waals surface area contributed by atoms with Crippen molar-refractivity contribution >= 4 is 5.97 Å². The van der Waals surface area contributed by atoms with Crippen molar-refractivity contribution in [2.45, 2.75) is 32.4 Å². The van der Waals surface area contributed by atoms with E-state index in [1.165, 1.54) is 0 Å². The monoisotopic (exact) mass is 197 g/mol. The lowest BCUT2D eigenvalue weighted by Gasteiger charge is -2.06. The molecule has 1 aromatic rings. The van der Waals surface area contributed by atoms with Gasteiger partial charge in [-0.05, 0) is 13.3 Å². The Labute approximate surface area is 82.5 Å². The fourth-order valence-corrected chi connectivity index (χ4v) is 1.19. The second kappa shape index (κ2) is 4.76. The van der Waals surface area contributed by atoms with Crippen LogP contribution in [-0.4, -0.2) is 20.9 Å². The van der Waals surface area contributed by atoms with Gasteiger partial charge in [-0.15, -0.1) is 0 Å². The van der Waals surface area contributed by atoms with Crippen LogP contribution in [0.15, 0.2) is 12.4 Å². The fraction of sp³-hybridized carbons (Fsp3) is 0.556. The zero-order valence-corrected chi connectivity index (χ0v) is 8.18. The maximum Gasteiger partial charge on any atom is 0.303 e. The lowest BCUT2D eigenvalue weighted by molar-refractivity contribution is -0.137. The molecule has 0 saturated heterocycles. The van der Waals surface area contributed by atoms with Crippen LogP contribution in [0.2, 0.25) is 0 Å². The van der Waals surface area contributed by atoms with E-state index >= 15 is 0 Å². The van der Waals surface area contributed by atoms with E-state index in [1.807, 2.05) is 13.1 Å². The molecular weight excluding hydrogens is 182 g/mol. The first-order chi connectivity index (χ1) is 6.63. The van der Waals surface area contributed by atoms with Crippen molar-refractivity contribution in [2.75, 3.05) is 0 Å². The number of carboxylic acid groups (broad SMARTS) is 1. The Morgan fingerprint density at radius 2 is 2.50 bits per heavy atom. The van der Waals surface area contributed by atoms with Gasteiger partial charge in [-0.3, -0.25) is 9.48 Å². The summed E-state index contributed by atoms with van der Waals surface area (Å²) >= 11 is 0. The first kappa shape index (κ1) is 10.7. The molecule has 1 unspecified atom stereocenters. The summed E-state index contributed by atoms with van der Waals surface area (Å²) in [6.45, 7) is 2.78. The van der Waals surface area contributed by atoms with Gasteiger partial charge in [0.15, 0.2) is 0 Å². The van der Waals surface area contributed by atoms with E-state index in [0.29, 0.717) is 6.42 Å². The summed E-state index contributed by atoms with van der Waals surface area (Å²) in [6.07, 6.45) is 4.09. The van der Waals surface area contributed by atoms with Gasteiger partial charge in [0.2, 0.25) is 0 Å². The molecule has 0 radical (unpaired) electrons. The van der Waals surface area contributed by atoms with E-state index in [2.05, 4.69) is 5.10 Å². The van der Waals surface area contributed by atoms with Gasteiger partial charge in [0, 0.05) is 30.8 Å². The highest BCUT2D eigenvalue weighted by Gasteiger charge is 2.09. The minimum absolute atomic E-state index is 0.0957. The Balaban J connectivity index is 2.51. The molecule has 0 aliphatic carbocycles. The topological polar surface area (TPSA) is 81.1 Å². The normalized spacial score (nSPS) is 12.7. The zero-order chi connectivity index (χ0) is 10.6. The number of hydrogen-bond donors (Lipinski definition) is 2. The van der Waals surface area contributed by atoms with E-state index in [1.54, 1.807) is 10.9 Å². The van der Waals surface area contributed by atoms with Crippen LogP contribution < -0.4 is 5.73 Å². The molecule has 0 fully saturated rings. The molecular formula is C9H15N3O2. The van der Waals surface area contributed by atoms with E-state index < -0.39 is 5.97 Å². The predicted octanol–water partition coefficient (Wildman–Crippen LogP) is 0.768. The largest absolute Gasteiger partial charge is 0.481 e. The highest BCUT2D eigenvalue weighted by Crippen LogP contribution is 2.14. The SMILES string of the molecule is CCn1cc(C(N)CCC(=O)O)cn1. The van der Waals surface area contributed by atoms with Crippen molar-refractivity contribution in [3.63, 3.8) is 0 Å². The third-order valence-corrected chi connectivity index (χ3v) is 2.07. The summed E-state index contributed by atoms with van der Waals surface area (Å²) in [5.41, 5.74) is 6.69. The molecule has 5 nitrogen and oxygen atoms in total. The molecule has 1 aromatic heterocycles. The number of aromatic nitrogens is 2. The zero-order valence-electron chi connectivity index (χ0n) is 8.18. The maximum absolute atomic E-state index is 10.3. The standard InChI is InChI=1S/C9H15N3O2/c1-2-12-6-7(5-11-12)8(10)3-4-9(13)14/h5-6,8H,2-4,10H2,1H3,(H,13,14). The Hall–Kier alpha value is -1.36. The molecule has 0 bridgehead atoms. The third kappa shape index (κ3) is 2.85. The van der Waals surface area contributed by atoms with Gasteiger partial charge in [-0.25, -0.2) is 0 Å². The molecule has 0 amide bonds. The van der Waals surface area contributed by atoms with Crippen LogP contribution in [0.5, 0.6) is 0 Å². The Morgan fingerprint density at radius 3 is 3.00 bits per heavy atom. The molecule has 0 spiro atoms. The number of carbonyl (C=O) groups is 1. The molecule has 1 rings (SSSR count). The number of aliphatic carboxylic acids is 1. The highest BCUT2D eigenvalue weighted by atomic mass is 16.4. The van der Waals surface area contributed by atoms with Crippen molar-refractivity contribution in [1.82, 2.24) is 9.78 Å². The van der Waals surface area contributed by atoms with Gasteiger partial charge in [0.25, 0.3) is 0 Å². The number of hydrogen-bond acceptors (Lipinski definition) is 3. The number of aryl methyl sites for hydroxylation is 1. The maximum atomic E-state index is 10.3. The minimum Gasteiger partial charge on any atom is -0.481 e. The Kier molecular flexibility index (Phi) is 3.64. The molecule has 78 valence electrons. The van der Waals surface area contributed by atoms with E-state index in [9.17, 15) is 4.79 Å². The fourth-order valence-electron chi connectivity index (χ4n) is 1.19. The van der Waals surface area contributed by atoms with Gasteiger partial charge < -0.3 is 10.8 Å².